The summed E-state index contributed by atoms with van der Waals surface area (Å²) in [7, 11) is 3.17. The van der Waals surface area contributed by atoms with Gasteiger partial charge in [0.1, 0.15) is 5.82 Å². The van der Waals surface area contributed by atoms with Crippen LogP contribution in [-0.2, 0) is 4.79 Å². The first kappa shape index (κ1) is 18.2. The Balaban J connectivity index is 1.84. The van der Waals surface area contributed by atoms with Crippen LogP contribution in [0, 0.1) is 6.92 Å². The Hall–Kier alpha value is -3.13. The van der Waals surface area contributed by atoms with Crippen molar-refractivity contribution in [2.75, 3.05) is 19.5 Å². The molecule has 0 unspecified atom stereocenters. The second kappa shape index (κ2) is 7.12. The molecule has 3 aromatic rings. The number of rotatable bonds is 4. The van der Waals surface area contributed by atoms with Crippen LogP contribution in [0.2, 0.25) is 5.15 Å². The monoisotopic (exact) mass is 399 g/mol. The first-order valence-electron chi connectivity index (χ1n) is 8.62. The summed E-state index contributed by atoms with van der Waals surface area (Å²) in [6.45, 7) is 1.91. The van der Waals surface area contributed by atoms with Crippen LogP contribution < -0.4 is 14.8 Å². The molecule has 0 saturated heterocycles. The molecule has 28 heavy (non-hydrogen) atoms. The number of aryl methyl sites for hydroxylation is 1. The van der Waals surface area contributed by atoms with E-state index in [1.165, 1.54) is 0 Å². The Morgan fingerprint density at radius 3 is 2.61 bits per heavy atom. The lowest BCUT2D eigenvalue weighted by Gasteiger charge is -2.24. The number of carbonyl (C=O) groups excluding carboxylic acids is 1. The van der Waals surface area contributed by atoms with Gasteiger partial charge in [0.05, 0.1) is 19.9 Å². The van der Waals surface area contributed by atoms with Gasteiger partial charge in [0.2, 0.25) is 5.91 Å². The molecule has 9 heteroatoms. The molecular formula is C19H18ClN5O3. The van der Waals surface area contributed by atoms with Crippen molar-refractivity contribution in [3.05, 3.63) is 52.3 Å². The van der Waals surface area contributed by atoms with Gasteiger partial charge in [0, 0.05) is 17.9 Å². The number of ether oxygens (including phenoxy) is 2. The highest BCUT2D eigenvalue weighted by Crippen LogP contribution is 2.42. The second-order valence-electron chi connectivity index (χ2n) is 6.39. The smallest absolute Gasteiger partial charge is 0.226 e. The molecule has 2 aromatic heterocycles. The highest BCUT2D eigenvalue weighted by atomic mass is 35.5. The van der Waals surface area contributed by atoms with Crippen molar-refractivity contribution in [1.82, 2.24) is 20.0 Å². The van der Waals surface area contributed by atoms with Crippen molar-refractivity contribution in [3.8, 4) is 17.3 Å². The van der Waals surface area contributed by atoms with E-state index in [0.717, 1.165) is 16.8 Å². The molecule has 0 aliphatic carbocycles. The molecule has 0 radical (unpaired) electrons. The van der Waals surface area contributed by atoms with E-state index in [1.54, 1.807) is 31.0 Å². The summed E-state index contributed by atoms with van der Waals surface area (Å²) in [5.74, 6) is 2.04. The molecule has 0 fully saturated rings. The van der Waals surface area contributed by atoms with Crippen LogP contribution in [0.1, 0.15) is 29.2 Å². The molecule has 0 spiro atoms. The van der Waals surface area contributed by atoms with Gasteiger partial charge in [-0.15, -0.1) is 10.2 Å². The van der Waals surface area contributed by atoms with Crippen molar-refractivity contribution in [1.29, 1.82) is 0 Å². The fraction of sp³-hybridized carbons (Fsp3) is 0.263. The van der Waals surface area contributed by atoms with Crippen LogP contribution in [-0.4, -0.2) is 40.1 Å². The highest BCUT2D eigenvalue weighted by Gasteiger charge is 2.33. The molecule has 1 aromatic carbocycles. The van der Waals surface area contributed by atoms with Gasteiger partial charge in [0.15, 0.2) is 22.5 Å². The standard InChI is InChI=1S/C19H18ClN5O3/c1-10-18-12(11-4-5-13(27-2)14(8-11)28-3)9-17(26)21-19(18)25(24-10)16-7-6-15(20)22-23-16/h4-8,12H,9H2,1-3H3,(H,21,26)/t12-/m0/s1. The molecule has 1 amide bonds. The summed E-state index contributed by atoms with van der Waals surface area (Å²) in [5, 5.41) is 15.7. The summed E-state index contributed by atoms with van der Waals surface area (Å²) >= 11 is 5.83. The Kier molecular flexibility index (Phi) is 4.64. The van der Waals surface area contributed by atoms with Gasteiger partial charge in [-0.05, 0) is 36.8 Å². The summed E-state index contributed by atoms with van der Waals surface area (Å²) in [6, 6.07) is 9.00. The third kappa shape index (κ3) is 3.05. The highest BCUT2D eigenvalue weighted by molar-refractivity contribution is 6.29. The van der Waals surface area contributed by atoms with Crippen molar-refractivity contribution in [3.63, 3.8) is 0 Å². The maximum atomic E-state index is 12.5. The van der Waals surface area contributed by atoms with Gasteiger partial charge in [-0.2, -0.15) is 9.78 Å². The molecule has 1 aliphatic heterocycles. The number of carbonyl (C=O) groups is 1. The van der Waals surface area contributed by atoms with Crippen LogP contribution in [0.25, 0.3) is 5.82 Å². The topological polar surface area (TPSA) is 91.2 Å². The summed E-state index contributed by atoms with van der Waals surface area (Å²) in [6.07, 6.45) is 0.307. The number of halogens is 1. The second-order valence-corrected chi connectivity index (χ2v) is 6.78. The molecule has 8 nitrogen and oxygen atoms in total. The number of hydrogen-bond donors (Lipinski definition) is 1. The third-order valence-electron chi connectivity index (χ3n) is 4.75. The zero-order valence-corrected chi connectivity index (χ0v) is 16.3. The Bertz CT molecular complexity index is 1050. The number of nitrogens with zero attached hydrogens (tertiary/aromatic N) is 4. The SMILES string of the molecule is COc1ccc([C@@H]2CC(=O)Nc3c2c(C)nn3-c2ccc(Cl)nn2)cc1OC. The average molecular weight is 400 g/mol. The zero-order valence-electron chi connectivity index (χ0n) is 15.6. The normalized spacial score (nSPS) is 15.7. The van der Waals surface area contributed by atoms with Crippen molar-refractivity contribution in [2.24, 2.45) is 0 Å². The summed E-state index contributed by atoms with van der Waals surface area (Å²) < 4.78 is 12.3. The quantitative estimate of drug-likeness (QED) is 0.724. The minimum atomic E-state index is -0.169. The number of hydrogen-bond acceptors (Lipinski definition) is 6. The van der Waals surface area contributed by atoms with Gasteiger partial charge >= 0.3 is 0 Å². The number of fused-ring (bicyclic) bond motifs is 1. The Morgan fingerprint density at radius 2 is 1.93 bits per heavy atom. The van der Waals surface area contributed by atoms with E-state index in [9.17, 15) is 4.79 Å². The number of nitrogens with one attached hydrogen (secondary N) is 1. The predicted octanol–water partition coefficient (Wildman–Crippen LogP) is 3.12. The molecular weight excluding hydrogens is 382 g/mol. The lowest BCUT2D eigenvalue weighted by atomic mass is 9.85. The van der Waals surface area contributed by atoms with E-state index < -0.39 is 0 Å². The lowest BCUT2D eigenvalue weighted by Crippen LogP contribution is -2.25. The first-order valence-corrected chi connectivity index (χ1v) is 9.00. The zero-order chi connectivity index (χ0) is 19.8. The van der Waals surface area contributed by atoms with E-state index in [4.69, 9.17) is 21.1 Å². The van der Waals surface area contributed by atoms with Gasteiger partial charge in [-0.3, -0.25) is 4.79 Å². The number of amides is 1. The van der Waals surface area contributed by atoms with Gasteiger partial charge in [0.25, 0.3) is 0 Å². The van der Waals surface area contributed by atoms with Crippen molar-refractivity contribution < 1.29 is 14.3 Å². The number of aromatic nitrogens is 4. The minimum absolute atomic E-state index is 0.102. The molecule has 0 bridgehead atoms. The maximum absolute atomic E-state index is 12.5. The number of anilines is 1. The van der Waals surface area contributed by atoms with E-state index >= 15 is 0 Å². The molecule has 1 N–H and O–H groups in total. The van der Waals surface area contributed by atoms with Gasteiger partial charge < -0.3 is 14.8 Å². The molecule has 3 heterocycles. The fourth-order valence-corrected chi connectivity index (χ4v) is 3.59. The van der Waals surface area contributed by atoms with Crippen molar-refractivity contribution in [2.45, 2.75) is 19.3 Å². The maximum Gasteiger partial charge on any atom is 0.226 e. The van der Waals surface area contributed by atoms with Gasteiger partial charge in [-0.25, -0.2) is 0 Å². The third-order valence-corrected chi connectivity index (χ3v) is 4.95. The van der Waals surface area contributed by atoms with Crippen molar-refractivity contribution >= 4 is 23.3 Å². The van der Waals surface area contributed by atoms with E-state index in [2.05, 4.69) is 20.6 Å². The van der Waals surface area contributed by atoms with E-state index in [1.807, 2.05) is 25.1 Å². The van der Waals surface area contributed by atoms with E-state index in [0.29, 0.717) is 29.6 Å². The lowest BCUT2D eigenvalue weighted by molar-refractivity contribution is -0.116. The summed E-state index contributed by atoms with van der Waals surface area (Å²) in [4.78, 5) is 12.5. The van der Waals surface area contributed by atoms with Crippen LogP contribution in [0.3, 0.4) is 0 Å². The van der Waals surface area contributed by atoms with Crippen LogP contribution in [0.4, 0.5) is 5.82 Å². The Labute approximate surface area is 166 Å². The Morgan fingerprint density at radius 1 is 1.14 bits per heavy atom. The molecule has 4 rings (SSSR count). The van der Waals surface area contributed by atoms with E-state index in [-0.39, 0.29) is 17.0 Å². The number of methoxy groups -OCH3 is 2. The molecule has 0 saturated carbocycles. The number of benzene rings is 1. The van der Waals surface area contributed by atoms with Crippen LogP contribution >= 0.6 is 11.6 Å². The molecule has 1 aliphatic rings. The van der Waals surface area contributed by atoms with Crippen LogP contribution in [0.5, 0.6) is 11.5 Å². The molecule has 1 atom stereocenters. The molecule has 144 valence electrons. The minimum Gasteiger partial charge on any atom is -0.493 e. The van der Waals surface area contributed by atoms with Crippen LogP contribution in [0.15, 0.2) is 30.3 Å². The van der Waals surface area contributed by atoms with Gasteiger partial charge in [-0.1, -0.05) is 17.7 Å². The average Bonchev–Trinajstić information content (AvgIpc) is 3.03. The fourth-order valence-electron chi connectivity index (χ4n) is 3.49. The predicted molar refractivity (Wildman–Crippen MR) is 104 cm³/mol. The largest absolute Gasteiger partial charge is 0.493 e. The first-order chi connectivity index (χ1) is 13.5. The summed E-state index contributed by atoms with van der Waals surface area (Å²) in [5.41, 5.74) is 2.67.